The van der Waals surface area contributed by atoms with Gasteiger partial charge in [-0.2, -0.15) is 13.2 Å². The van der Waals surface area contributed by atoms with Crippen LogP contribution < -0.4 is 5.73 Å². The highest BCUT2D eigenvalue weighted by molar-refractivity contribution is 5.26. The monoisotopic (exact) mass is 219 g/mol. The maximum absolute atomic E-state index is 12.2. The van der Waals surface area contributed by atoms with E-state index >= 15 is 0 Å². The Morgan fingerprint density at radius 3 is 2.00 bits per heavy atom. The van der Waals surface area contributed by atoms with E-state index in [9.17, 15) is 18.3 Å². The van der Waals surface area contributed by atoms with Crippen LogP contribution in [0.3, 0.4) is 0 Å². The average molecular weight is 219 g/mol. The zero-order valence-electron chi connectivity index (χ0n) is 8.12. The second kappa shape index (κ2) is 4.20. The lowest BCUT2D eigenvalue weighted by atomic mass is 10.0. The molecular weight excluding hydrogens is 207 g/mol. The molecule has 0 radical (unpaired) electrons. The predicted octanol–water partition coefficient (Wildman–Crippen LogP) is 2.09. The molecule has 1 aromatic rings. The molecule has 0 unspecified atom stereocenters. The average Bonchev–Trinajstić information content (AvgIpc) is 2.15. The first kappa shape index (κ1) is 12.0. The van der Waals surface area contributed by atoms with Crippen LogP contribution >= 0.6 is 0 Å². The van der Waals surface area contributed by atoms with Crippen molar-refractivity contribution >= 4 is 0 Å². The minimum absolute atomic E-state index is 0.387. The molecule has 0 spiro atoms. The van der Waals surface area contributed by atoms with Gasteiger partial charge in [0.05, 0.1) is 11.7 Å². The summed E-state index contributed by atoms with van der Waals surface area (Å²) >= 11 is 0. The maximum atomic E-state index is 12.2. The van der Waals surface area contributed by atoms with Crippen LogP contribution in [-0.2, 0) is 6.18 Å². The zero-order valence-corrected chi connectivity index (χ0v) is 8.12. The van der Waals surface area contributed by atoms with Crippen molar-refractivity contribution in [1.82, 2.24) is 0 Å². The number of hydrogen-bond donors (Lipinski definition) is 2. The van der Waals surface area contributed by atoms with E-state index in [1.54, 1.807) is 6.92 Å². The molecule has 15 heavy (non-hydrogen) atoms. The smallest absolute Gasteiger partial charge is 0.387 e. The van der Waals surface area contributed by atoms with Gasteiger partial charge in [0.15, 0.2) is 0 Å². The Bertz CT molecular complexity index is 318. The van der Waals surface area contributed by atoms with E-state index in [1.165, 1.54) is 12.1 Å². The lowest BCUT2D eigenvalue weighted by Gasteiger charge is -2.15. The van der Waals surface area contributed by atoms with Gasteiger partial charge in [0, 0.05) is 6.04 Å². The SMILES string of the molecule is C[C@H](N)[C@@H](O)c1ccc(C(F)(F)F)cc1. The number of rotatable bonds is 2. The van der Waals surface area contributed by atoms with Crippen LogP contribution in [0.1, 0.15) is 24.2 Å². The van der Waals surface area contributed by atoms with Crippen LogP contribution in [0.5, 0.6) is 0 Å². The Balaban J connectivity index is 2.91. The number of benzene rings is 1. The van der Waals surface area contributed by atoms with Crippen LogP contribution in [0.15, 0.2) is 24.3 Å². The summed E-state index contributed by atoms with van der Waals surface area (Å²) in [5.74, 6) is 0. The van der Waals surface area contributed by atoms with Gasteiger partial charge in [-0.25, -0.2) is 0 Å². The van der Waals surface area contributed by atoms with Gasteiger partial charge in [-0.15, -0.1) is 0 Å². The van der Waals surface area contributed by atoms with E-state index in [-0.39, 0.29) is 0 Å². The highest BCUT2D eigenvalue weighted by Gasteiger charge is 2.30. The largest absolute Gasteiger partial charge is 0.416 e. The molecule has 0 fully saturated rings. The molecule has 0 aliphatic heterocycles. The molecule has 2 nitrogen and oxygen atoms in total. The third-order valence-corrected chi connectivity index (χ3v) is 2.08. The minimum atomic E-state index is -4.35. The lowest BCUT2D eigenvalue weighted by Crippen LogP contribution is -2.24. The molecule has 2 atom stereocenters. The topological polar surface area (TPSA) is 46.2 Å². The summed E-state index contributed by atoms with van der Waals surface area (Å²) in [6.45, 7) is 1.59. The molecule has 0 amide bonds. The van der Waals surface area contributed by atoms with E-state index in [0.29, 0.717) is 5.56 Å². The molecule has 0 saturated carbocycles. The molecule has 0 aromatic heterocycles. The molecule has 0 saturated heterocycles. The predicted molar refractivity (Wildman–Crippen MR) is 50.1 cm³/mol. The fraction of sp³-hybridized carbons (Fsp3) is 0.400. The molecule has 84 valence electrons. The summed E-state index contributed by atoms with van der Waals surface area (Å²) in [6.07, 6.45) is -5.29. The van der Waals surface area contributed by atoms with Crippen molar-refractivity contribution in [2.75, 3.05) is 0 Å². The summed E-state index contributed by atoms with van der Waals surface area (Å²) in [7, 11) is 0. The third kappa shape index (κ3) is 2.94. The summed E-state index contributed by atoms with van der Waals surface area (Å²) in [5.41, 5.74) is 5.07. The van der Waals surface area contributed by atoms with E-state index in [0.717, 1.165) is 12.1 Å². The summed E-state index contributed by atoms with van der Waals surface area (Å²) in [4.78, 5) is 0. The van der Waals surface area contributed by atoms with Crippen molar-refractivity contribution in [3.8, 4) is 0 Å². The molecular formula is C10H12F3NO. The number of nitrogens with two attached hydrogens (primary N) is 1. The lowest BCUT2D eigenvalue weighted by molar-refractivity contribution is -0.137. The van der Waals surface area contributed by atoms with Gasteiger partial charge in [0.2, 0.25) is 0 Å². The molecule has 1 rings (SSSR count). The van der Waals surface area contributed by atoms with Crippen molar-refractivity contribution in [3.63, 3.8) is 0 Å². The molecule has 0 heterocycles. The van der Waals surface area contributed by atoms with Crippen LogP contribution in [0.25, 0.3) is 0 Å². The zero-order chi connectivity index (χ0) is 11.6. The van der Waals surface area contributed by atoms with Gasteiger partial charge in [-0.05, 0) is 24.6 Å². The minimum Gasteiger partial charge on any atom is -0.387 e. The highest BCUT2D eigenvalue weighted by Crippen LogP contribution is 2.30. The van der Waals surface area contributed by atoms with Crippen molar-refractivity contribution in [1.29, 1.82) is 0 Å². The fourth-order valence-corrected chi connectivity index (χ4v) is 1.17. The molecule has 5 heteroatoms. The molecule has 1 aromatic carbocycles. The molecule has 0 bridgehead atoms. The first-order valence-corrected chi connectivity index (χ1v) is 4.43. The molecule has 0 aliphatic rings. The Morgan fingerprint density at radius 1 is 1.20 bits per heavy atom. The first-order chi connectivity index (χ1) is 6.82. The van der Waals surface area contributed by atoms with Gasteiger partial charge in [-0.1, -0.05) is 12.1 Å². The second-order valence-electron chi connectivity index (χ2n) is 3.42. The fourth-order valence-electron chi connectivity index (χ4n) is 1.17. The molecule has 3 N–H and O–H groups in total. The quantitative estimate of drug-likeness (QED) is 0.800. The summed E-state index contributed by atoms with van der Waals surface area (Å²) in [6, 6.07) is 3.82. The Morgan fingerprint density at radius 2 is 1.67 bits per heavy atom. The Labute approximate surface area is 85.5 Å². The van der Waals surface area contributed by atoms with Gasteiger partial charge < -0.3 is 10.8 Å². The van der Waals surface area contributed by atoms with Gasteiger partial charge in [0.1, 0.15) is 0 Å². The van der Waals surface area contributed by atoms with E-state index in [1.807, 2.05) is 0 Å². The van der Waals surface area contributed by atoms with Crippen molar-refractivity contribution in [2.24, 2.45) is 5.73 Å². The number of aliphatic hydroxyl groups excluding tert-OH is 1. The number of aliphatic hydroxyl groups is 1. The van der Waals surface area contributed by atoms with Crippen molar-refractivity contribution in [2.45, 2.75) is 25.2 Å². The van der Waals surface area contributed by atoms with Gasteiger partial charge in [0.25, 0.3) is 0 Å². The van der Waals surface area contributed by atoms with Crippen LogP contribution in [0, 0.1) is 0 Å². The van der Waals surface area contributed by atoms with Crippen LogP contribution in [0.4, 0.5) is 13.2 Å². The molecule has 0 aliphatic carbocycles. The standard InChI is InChI=1S/C10H12F3NO/c1-6(14)9(15)7-2-4-8(5-3-7)10(11,12)13/h2-6,9,15H,14H2,1H3/t6-,9+/m0/s1. The van der Waals surface area contributed by atoms with E-state index < -0.39 is 23.9 Å². The van der Waals surface area contributed by atoms with Crippen LogP contribution in [0.2, 0.25) is 0 Å². The van der Waals surface area contributed by atoms with Crippen molar-refractivity contribution in [3.05, 3.63) is 35.4 Å². The normalized spacial score (nSPS) is 16.1. The Kier molecular flexibility index (Phi) is 3.36. The number of halogens is 3. The van der Waals surface area contributed by atoms with E-state index in [4.69, 9.17) is 5.73 Å². The number of hydrogen-bond acceptors (Lipinski definition) is 2. The summed E-state index contributed by atoms with van der Waals surface area (Å²) < 4.78 is 36.6. The van der Waals surface area contributed by atoms with Crippen molar-refractivity contribution < 1.29 is 18.3 Å². The Hall–Kier alpha value is -1.07. The number of alkyl halides is 3. The maximum Gasteiger partial charge on any atom is 0.416 e. The second-order valence-corrected chi connectivity index (χ2v) is 3.42. The third-order valence-electron chi connectivity index (χ3n) is 2.08. The highest BCUT2D eigenvalue weighted by atomic mass is 19.4. The first-order valence-electron chi connectivity index (χ1n) is 4.43. The summed E-state index contributed by atoms with van der Waals surface area (Å²) in [5, 5.41) is 9.49. The van der Waals surface area contributed by atoms with Gasteiger partial charge in [-0.3, -0.25) is 0 Å². The van der Waals surface area contributed by atoms with Crippen LogP contribution in [-0.4, -0.2) is 11.1 Å². The van der Waals surface area contributed by atoms with Gasteiger partial charge >= 0.3 is 6.18 Å². The van der Waals surface area contributed by atoms with E-state index in [2.05, 4.69) is 0 Å².